The van der Waals surface area contributed by atoms with Gasteiger partial charge in [0.05, 0.1) is 12.8 Å². The fourth-order valence-electron chi connectivity index (χ4n) is 3.90. The molecule has 0 saturated heterocycles. The van der Waals surface area contributed by atoms with Crippen LogP contribution in [0.3, 0.4) is 0 Å². The van der Waals surface area contributed by atoms with E-state index in [1.807, 2.05) is 48.5 Å². The van der Waals surface area contributed by atoms with Gasteiger partial charge in [-0.3, -0.25) is 14.5 Å². The zero-order valence-electron chi connectivity index (χ0n) is 16.6. The van der Waals surface area contributed by atoms with Crippen LogP contribution in [0.15, 0.2) is 54.6 Å². The second kappa shape index (κ2) is 9.40. The van der Waals surface area contributed by atoms with E-state index in [-0.39, 0.29) is 17.9 Å². The molecule has 2 aromatic rings. The third-order valence-electron chi connectivity index (χ3n) is 5.26. The fraction of sp³-hybridized carbons (Fsp3) is 0.391. The summed E-state index contributed by atoms with van der Waals surface area (Å²) >= 11 is 0. The first-order chi connectivity index (χ1) is 13.6. The van der Waals surface area contributed by atoms with Gasteiger partial charge < -0.3 is 10.1 Å². The second-order valence-corrected chi connectivity index (χ2v) is 7.22. The van der Waals surface area contributed by atoms with Gasteiger partial charge >= 0.3 is 0 Å². The van der Waals surface area contributed by atoms with Crippen molar-refractivity contribution in [2.75, 3.05) is 12.0 Å². The number of rotatable bonds is 6. The lowest BCUT2D eigenvalue weighted by Crippen LogP contribution is -2.46. The number of para-hydroxylation sites is 2. The number of nitrogens with zero attached hydrogens (tertiary/aromatic N) is 1. The van der Waals surface area contributed by atoms with Crippen LogP contribution in [0.2, 0.25) is 0 Å². The number of nitrogens with one attached hydrogen (secondary N) is 1. The average Bonchev–Trinajstić information content (AvgIpc) is 2.73. The zero-order valence-corrected chi connectivity index (χ0v) is 16.6. The number of ether oxygens (including phenoxy) is 1. The van der Waals surface area contributed by atoms with E-state index in [9.17, 15) is 9.59 Å². The van der Waals surface area contributed by atoms with E-state index >= 15 is 0 Å². The highest BCUT2D eigenvalue weighted by molar-refractivity contribution is 6.01. The molecule has 1 unspecified atom stereocenters. The van der Waals surface area contributed by atoms with Crippen LogP contribution in [-0.2, 0) is 9.59 Å². The second-order valence-electron chi connectivity index (χ2n) is 7.22. The minimum absolute atomic E-state index is 0.154. The summed E-state index contributed by atoms with van der Waals surface area (Å²) in [7, 11) is 1.57. The van der Waals surface area contributed by atoms with Crippen molar-refractivity contribution in [2.45, 2.75) is 51.1 Å². The van der Waals surface area contributed by atoms with Crippen LogP contribution in [0, 0.1) is 0 Å². The number of methoxy groups -OCH3 is 1. The highest BCUT2D eigenvalue weighted by Crippen LogP contribution is 2.35. The molecule has 0 bridgehead atoms. The van der Waals surface area contributed by atoms with Crippen molar-refractivity contribution in [1.29, 1.82) is 0 Å². The highest BCUT2D eigenvalue weighted by atomic mass is 16.5. The Bertz CT molecular complexity index is 801. The smallest absolute Gasteiger partial charge is 0.248 e. The van der Waals surface area contributed by atoms with Gasteiger partial charge in [0.15, 0.2) is 0 Å². The van der Waals surface area contributed by atoms with Crippen LogP contribution in [0.5, 0.6) is 5.75 Å². The molecule has 1 aliphatic rings. The Hall–Kier alpha value is -2.82. The summed E-state index contributed by atoms with van der Waals surface area (Å²) in [4.78, 5) is 27.6. The van der Waals surface area contributed by atoms with Crippen molar-refractivity contribution in [3.05, 3.63) is 60.2 Å². The lowest BCUT2D eigenvalue weighted by atomic mass is 9.94. The Morgan fingerprint density at radius 1 is 1.00 bits per heavy atom. The van der Waals surface area contributed by atoms with E-state index in [4.69, 9.17) is 4.74 Å². The summed E-state index contributed by atoms with van der Waals surface area (Å²) in [6.07, 6.45) is 5.45. The average molecular weight is 380 g/mol. The molecule has 5 nitrogen and oxygen atoms in total. The van der Waals surface area contributed by atoms with Crippen molar-refractivity contribution in [1.82, 2.24) is 5.32 Å². The minimum atomic E-state index is -0.753. The van der Waals surface area contributed by atoms with Crippen LogP contribution < -0.4 is 15.0 Å². The number of hydrogen-bond donors (Lipinski definition) is 1. The lowest BCUT2D eigenvalue weighted by Gasteiger charge is -2.33. The lowest BCUT2D eigenvalue weighted by molar-refractivity contribution is -0.126. The van der Waals surface area contributed by atoms with E-state index in [0.29, 0.717) is 11.4 Å². The van der Waals surface area contributed by atoms with Gasteiger partial charge in [-0.1, -0.05) is 61.7 Å². The van der Waals surface area contributed by atoms with Gasteiger partial charge in [0.1, 0.15) is 11.8 Å². The van der Waals surface area contributed by atoms with Gasteiger partial charge in [-0.15, -0.1) is 0 Å². The predicted octanol–water partition coefficient (Wildman–Crippen LogP) is 4.24. The molecular formula is C23H28N2O3. The number of carbonyl (C=O) groups excluding carboxylic acids is 2. The van der Waals surface area contributed by atoms with Crippen LogP contribution in [0.4, 0.5) is 5.69 Å². The highest BCUT2D eigenvalue weighted by Gasteiger charge is 2.33. The molecular weight excluding hydrogens is 352 g/mol. The van der Waals surface area contributed by atoms with Crippen LogP contribution in [0.1, 0.15) is 50.6 Å². The quantitative estimate of drug-likeness (QED) is 0.815. The summed E-state index contributed by atoms with van der Waals surface area (Å²) in [5.41, 5.74) is 1.36. The van der Waals surface area contributed by atoms with Crippen molar-refractivity contribution >= 4 is 17.5 Å². The summed E-state index contributed by atoms with van der Waals surface area (Å²) in [5, 5.41) is 3.19. The molecule has 0 aliphatic heterocycles. The number of amides is 2. The maximum Gasteiger partial charge on any atom is 0.248 e. The molecule has 1 fully saturated rings. The largest absolute Gasteiger partial charge is 0.495 e. The molecule has 2 amide bonds. The summed E-state index contributed by atoms with van der Waals surface area (Å²) in [6, 6.07) is 16.2. The van der Waals surface area contributed by atoms with Gasteiger partial charge in [-0.25, -0.2) is 0 Å². The molecule has 1 N–H and O–H groups in total. The minimum Gasteiger partial charge on any atom is -0.495 e. The van der Waals surface area contributed by atoms with Gasteiger partial charge in [-0.05, 0) is 30.5 Å². The molecule has 3 rings (SSSR count). The van der Waals surface area contributed by atoms with Crippen molar-refractivity contribution in [2.24, 2.45) is 0 Å². The standard InChI is InChI=1S/C23H28N2O3/c1-17(26)25(20-15-9-10-16-21(20)28-2)22(18-11-5-3-6-12-18)23(27)24-19-13-7-4-8-14-19/h3,5-6,9-12,15-16,19,22H,4,7-8,13-14H2,1-2H3,(H,24,27). The fourth-order valence-corrected chi connectivity index (χ4v) is 3.90. The van der Waals surface area contributed by atoms with E-state index in [1.54, 1.807) is 13.2 Å². The van der Waals surface area contributed by atoms with E-state index in [1.165, 1.54) is 18.2 Å². The molecule has 1 aliphatic carbocycles. The Kier molecular flexibility index (Phi) is 6.69. The van der Waals surface area contributed by atoms with Crippen molar-refractivity contribution in [3.63, 3.8) is 0 Å². The number of hydrogen-bond acceptors (Lipinski definition) is 3. The first-order valence-corrected chi connectivity index (χ1v) is 9.90. The topological polar surface area (TPSA) is 58.6 Å². The third kappa shape index (κ3) is 4.53. The Morgan fingerprint density at radius 2 is 1.64 bits per heavy atom. The van der Waals surface area contributed by atoms with Crippen molar-refractivity contribution in [3.8, 4) is 5.75 Å². The Morgan fingerprint density at radius 3 is 2.29 bits per heavy atom. The molecule has 1 saturated carbocycles. The first-order valence-electron chi connectivity index (χ1n) is 9.90. The summed E-state index contributed by atoms with van der Waals surface area (Å²) < 4.78 is 5.47. The van der Waals surface area contributed by atoms with Gasteiger partial charge in [0, 0.05) is 13.0 Å². The maximum absolute atomic E-state index is 13.4. The normalized spacial score (nSPS) is 15.5. The first kappa shape index (κ1) is 19.9. The summed E-state index contributed by atoms with van der Waals surface area (Å²) in [5.74, 6) is 0.195. The molecule has 0 spiro atoms. The molecule has 28 heavy (non-hydrogen) atoms. The van der Waals surface area contributed by atoms with Crippen LogP contribution >= 0.6 is 0 Å². The van der Waals surface area contributed by atoms with E-state index in [0.717, 1.165) is 31.2 Å². The monoisotopic (exact) mass is 380 g/mol. The SMILES string of the molecule is COc1ccccc1N(C(C)=O)C(C(=O)NC1CCCCC1)c1ccccc1. The van der Waals surface area contributed by atoms with Crippen LogP contribution in [-0.4, -0.2) is 25.0 Å². The van der Waals surface area contributed by atoms with Gasteiger partial charge in [0.25, 0.3) is 0 Å². The molecule has 0 heterocycles. The predicted molar refractivity (Wildman–Crippen MR) is 110 cm³/mol. The van der Waals surface area contributed by atoms with Gasteiger partial charge in [-0.2, -0.15) is 0 Å². The Labute approximate surface area is 166 Å². The number of benzene rings is 2. The van der Waals surface area contributed by atoms with Gasteiger partial charge in [0.2, 0.25) is 11.8 Å². The summed E-state index contributed by atoms with van der Waals surface area (Å²) in [6.45, 7) is 1.48. The molecule has 2 aromatic carbocycles. The molecule has 148 valence electrons. The third-order valence-corrected chi connectivity index (χ3v) is 5.26. The Balaban J connectivity index is 2.00. The molecule has 0 radical (unpaired) electrons. The van der Waals surface area contributed by atoms with Crippen LogP contribution in [0.25, 0.3) is 0 Å². The molecule has 0 aromatic heterocycles. The van der Waals surface area contributed by atoms with E-state index < -0.39 is 6.04 Å². The maximum atomic E-state index is 13.4. The molecule has 5 heteroatoms. The number of anilines is 1. The van der Waals surface area contributed by atoms with Crippen molar-refractivity contribution < 1.29 is 14.3 Å². The zero-order chi connectivity index (χ0) is 19.9. The van der Waals surface area contributed by atoms with E-state index in [2.05, 4.69) is 5.32 Å². The number of carbonyl (C=O) groups is 2. The molecule has 1 atom stereocenters.